The second kappa shape index (κ2) is 14.8. The highest BCUT2D eigenvalue weighted by Crippen LogP contribution is 2.52. The molecule has 0 aliphatic heterocycles. The van der Waals surface area contributed by atoms with E-state index in [4.69, 9.17) is 10.4 Å². The van der Waals surface area contributed by atoms with Gasteiger partial charge < -0.3 is 5.41 Å². The van der Waals surface area contributed by atoms with E-state index in [1.165, 1.54) is 66.2 Å². The van der Waals surface area contributed by atoms with Gasteiger partial charge in [0.1, 0.15) is 0 Å². The van der Waals surface area contributed by atoms with Crippen LogP contribution in [0.3, 0.4) is 0 Å². The zero-order chi connectivity index (χ0) is 39.9. The summed E-state index contributed by atoms with van der Waals surface area (Å²) in [6.45, 7) is 4.74. The quantitative estimate of drug-likeness (QED) is 0.150. The molecular formula is C57H42N2. The first-order valence-electron chi connectivity index (χ1n) is 20.3. The third kappa shape index (κ3) is 6.59. The molecule has 0 aromatic heterocycles. The molecule has 1 aliphatic rings. The summed E-state index contributed by atoms with van der Waals surface area (Å²) in [5.41, 5.74) is 16.5. The Kier molecular flexibility index (Phi) is 9.03. The maximum atomic E-state index is 8.95. The molecule has 2 nitrogen and oxygen atoms in total. The van der Waals surface area contributed by atoms with Gasteiger partial charge in [0.2, 0.25) is 0 Å². The van der Waals surface area contributed by atoms with Crippen LogP contribution in [-0.2, 0) is 5.41 Å². The minimum Gasteiger partial charge on any atom is -0.300 e. The number of hydrogen-bond acceptors (Lipinski definition) is 2. The zero-order valence-electron chi connectivity index (χ0n) is 33.2. The van der Waals surface area contributed by atoms with Crippen molar-refractivity contribution < 1.29 is 0 Å². The Hall–Kier alpha value is -7.42. The van der Waals surface area contributed by atoms with Gasteiger partial charge in [0, 0.05) is 22.8 Å². The van der Waals surface area contributed by atoms with E-state index in [0.29, 0.717) is 5.71 Å². The second-order valence-corrected chi connectivity index (χ2v) is 15.9. The molecule has 1 aliphatic carbocycles. The Balaban J connectivity index is 0.964. The maximum Gasteiger partial charge on any atom is 0.0723 e. The van der Waals surface area contributed by atoms with Crippen LogP contribution in [0.25, 0.3) is 71.7 Å². The Labute approximate surface area is 346 Å². The van der Waals surface area contributed by atoms with E-state index in [9.17, 15) is 0 Å². The third-order valence-corrected chi connectivity index (χ3v) is 12.0. The largest absolute Gasteiger partial charge is 0.300 e. The molecule has 10 rings (SSSR count). The standard InChI is InChI=1S/C57H42N2/c1-57(2)53-35-45(30-33-51(53)52-34-29-41-15-9-10-19-49(41)56(52)57)40-21-25-42(26-22-40)48-32-31-46(47-18-11-12-20-50(47)48)37-59-55(36-54(58)43-16-7-4-8-17-43)44-27-23-39(24-28-44)38-13-5-3-6-14-38/h3-37,58H,1-2H3/b55-36-,58-54?,59-37?. The highest BCUT2D eigenvalue weighted by Gasteiger charge is 2.37. The predicted molar refractivity (Wildman–Crippen MR) is 251 cm³/mol. The summed E-state index contributed by atoms with van der Waals surface area (Å²) in [6, 6.07) is 70.9. The fourth-order valence-corrected chi connectivity index (χ4v) is 8.94. The van der Waals surface area contributed by atoms with Crippen LogP contribution in [0.2, 0.25) is 0 Å². The average Bonchev–Trinajstić information content (AvgIpc) is 3.53. The van der Waals surface area contributed by atoms with Gasteiger partial charge in [0.15, 0.2) is 0 Å². The van der Waals surface area contributed by atoms with E-state index in [1.807, 2.05) is 48.7 Å². The van der Waals surface area contributed by atoms with Gasteiger partial charge >= 0.3 is 0 Å². The first-order valence-corrected chi connectivity index (χ1v) is 20.3. The van der Waals surface area contributed by atoms with Crippen molar-refractivity contribution in [1.29, 1.82) is 5.41 Å². The van der Waals surface area contributed by atoms with E-state index >= 15 is 0 Å². The molecule has 9 aromatic rings. The Morgan fingerprint density at radius 2 is 1.02 bits per heavy atom. The maximum absolute atomic E-state index is 8.95. The Morgan fingerprint density at radius 1 is 0.458 bits per heavy atom. The molecule has 59 heavy (non-hydrogen) atoms. The van der Waals surface area contributed by atoms with Crippen LogP contribution in [0.5, 0.6) is 0 Å². The van der Waals surface area contributed by atoms with Gasteiger partial charge in [-0.15, -0.1) is 0 Å². The van der Waals surface area contributed by atoms with Crippen LogP contribution >= 0.6 is 0 Å². The van der Waals surface area contributed by atoms with Crippen molar-refractivity contribution in [2.45, 2.75) is 19.3 Å². The molecule has 0 fully saturated rings. The molecule has 0 unspecified atom stereocenters. The molecule has 0 saturated heterocycles. The van der Waals surface area contributed by atoms with Crippen molar-refractivity contribution in [1.82, 2.24) is 0 Å². The molecule has 0 bridgehead atoms. The van der Waals surface area contributed by atoms with Gasteiger partial charge in [-0.2, -0.15) is 0 Å². The highest BCUT2D eigenvalue weighted by molar-refractivity contribution is 6.12. The summed E-state index contributed by atoms with van der Waals surface area (Å²) in [7, 11) is 0. The van der Waals surface area contributed by atoms with Crippen LogP contribution in [0.4, 0.5) is 0 Å². The topological polar surface area (TPSA) is 36.2 Å². The number of nitrogens with zero attached hydrogens (tertiary/aromatic N) is 1. The van der Waals surface area contributed by atoms with Crippen molar-refractivity contribution >= 4 is 39.2 Å². The SMILES string of the molecule is CC1(C)c2cc(-c3ccc(-c4ccc(C=N/C(=C\C(=N)c5ccccc5)c5ccc(-c6ccccc6)cc5)c5ccccc45)cc3)ccc2-c2ccc3ccccc3c21. The van der Waals surface area contributed by atoms with Crippen molar-refractivity contribution in [3.63, 3.8) is 0 Å². The van der Waals surface area contributed by atoms with Gasteiger partial charge in [0.25, 0.3) is 0 Å². The first-order chi connectivity index (χ1) is 28.9. The molecule has 0 amide bonds. The van der Waals surface area contributed by atoms with Crippen LogP contribution in [0, 0.1) is 5.41 Å². The van der Waals surface area contributed by atoms with E-state index in [2.05, 4.69) is 178 Å². The summed E-state index contributed by atoms with van der Waals surface area (Å²) in [6.07, 6.45) is 3.81. The summed E-state index contributed by atoms with van der Waals surface area (Å²) < 4.78 is 0. The van der Waals surface area contributed by atoms with Gasteiger partial charge in [-0.3, -0.25) is 4.99 Å². The van der Waals surface area contributed by atoms with Crippen molar-refractivity contribution in [2.24, 2.45) is 4.99 Å². The number of hydrogen-bond donors (Lipinski definition) is 1. The molecule has 0 radical (unpaired) electrons. The Bertz CT molecular complexity index is 3100. The normalized spacial score (nSPS) is 13.2. The lowest BCUT2D eigenvalue weighted by molar-refractivity contribution is 0.666. The monoisotopic (exact) mass is 754 g/mol. The third-order valence-electron chi connectivity index (χ3n) is 12.0. The van der Waals surface area contributed by atoms with Gasteiger partial charge in [-0.05, 0) is 94.9 Å². The predicted octanol–water partition coefficient (Wildman–Crippen LogP) is 14.8. The van der Waals surface area contributed by atoms with Gasteiger partial charge in [-0.1, -0.05) is 208 Å². The molecular weight excluding hydrogens is 713 g/mol. The molecule has 0 heterocycles. The summed E-state index contributed by atoms with van der Waals surface area (Å²) in [5, 5.41) is 13.9. The van der Waals surface area contributed by atoms with E-state index in [1.54, 1.807) is 0 Å². The van der Waals surface area contributed by atoms with Crippen molar-refractivity contribution in [2.75, 3.05) is 0 Å². The first kappa shape index (κ1) is 36.0. The summed E-state index contributed by atoms with van der Waals surface area (Å²) >= 11 is 0. The summed E-state index contributed by atoms with van der Waals surface area (Å²) in [5.74, 6) is 0. The van der Waals surface area contributed by atoms with Crippen molar-refractivity contribution in [3.8, 4) is 44.5 Å². The van der Waals surface area contributed by atoms with Crippen molar-refractivity contribution in [3.05, 3.63) is 234 Å². The molecule has 0 spiro atoms. The number of benzene rings is 9. The van der Waals surface area contributed by atoms with Gasteiger partial charge in [-0.25, -0.2) is 0 Å². The molecule has 0 saturated carbocycles. The molecule has 1 N–H and O–H groups in total. The lowest BCUT2D eigenvalue weighted by Crippen LogP contribution is -2.15. The molecule has 280 valence electrons. The summed E-state index contributed by atoms with van der Waals surface area (Å²) in [4.78, 5) is 5.09. The highest BCUT2D eigenvalue weighted by atomic mass is 14.7. The fourth-order valence-electron chi connectivity index (χ4n) is 8.94. The van der Waals surface area contributed by atoms with E-state index in [0.717, 1.165) is 33.3 Å². The molecule has 2 heteroatoms. The van der Waals surface area contributed by atoms with Crippen LogP contribution in [0.15, 0.2) is 211 Å². The zero-order valence-corrected chi connectivity index (χ0v) is 33.2. The van der Waals surface area contributed by atoms with E-state index in [-0.39, 0.29) is 5.41 Å². The number of allylic oxidation sites excluding steroid dienone is 1. The Morgan fingerprint density at radius 3 is 1.78 bits per heavy atom. The molecule has 0 atom stereocenters. The van der Waals surface area contributed by atoms with Crippen LogP contribution in [0.1, 0.15) is 41.7 Å². The van der Waals surface area contributed by atoms with E-state index < -0.39 is 0 Å². The second-order valence-electron chi connectivity index (χ2n) is 15.9. The van der Waals surface area contributed by atoms with Crippen LogP contribution < -0.4 is 0 Å². The molecule has 9 aromatic carbocycles. The minimum absolute atomic E-state index is 0.0986. The lowest BCUT2D eigenvalue weighted by Gasteiger charge is -2.23. The number of aliphatic imine (C=N–C) groups is 1. The lowest BCUT2D eigenvalue weighted by atomic mass is 9.79. The number of nitrogens with one attached hydrogen (secondary N) is 1. The smallest absolute Gasteiger partial charge is 0.0723 e. The average molecular weight is 755 g/mol. The fraction of sp³-hybridized carbons (Fsp3) is 0.0526. The van der Waals surface area contributed by atoms with Gasteiger partial charge in [0.05, 0.1) is 11.4 Å². The number of fused-ring (bicyclic) bond motifs is 6. The van der Waals surface area contributed by atoms with Crippen LogP contribution in [-0.4, -0.2) is 11.9 Å². The number of rotatable bonds is 8. The minimum atomic E-state index is -0.0986.